The molecule has 1 aromatic carbocycles. The van der Waals surface area contributed by atoms with E-state index in [-0.39, 0.29) is 17.7 Å². The summed E-state index contributed by atoms with van der Waals surface area (Å²) in [6.07, 6.45) is 2.04. The molecule has 2 atom stereocenters. The highest BCUT2D eigenvalue weighted by Crippen LogP contribution is 2.19. The van der Waals surface area contributed by atoms with Gasteiger partial charge in [-0.1, -0.05) is 28.1 Å². The zero-order valence-corrected chi connectivity index (χ0v) is 14.0. The lowest BCUT2D eigenvalue weighted by Crippen LogP contribution is -2.38. The van der Waals surface area contributed by atoms with E-state index in [0.29, 0.717) is 0 Å². The smallest absolute Gasteiger partial charge is 0.212 e. The van der Waals surface area contributed by atoms with E-state index in [1.165, 1.54) is 0 Å². The van der Waals surface area contributed by atoms with Crippen molar-refractivity contribution in [3.8, 4) is 0 Å². The molecule has 0 spiro atoms. The fraction of sp³-hybridized carbons (Fsp3) is 0.571. The second-order valence-corrected chi connectivity index (χ2v) is 8.10. The summed E-state index contributed by atoms with van der Waals surface area (Å²) >= 11 is 3.40. The molecule has 1 fully saturated rings. The van der Waals surface area contributed by atoms with Gasteiger partial charge in [-0.2, -0.15) is 0 Å². The Kier molecular flexibility index (Phi) is 5.60. The van der Waals surface area contributed by atoms with E-state index in [9.17, 15) is 8.42 Å². The summed E-state index contributed by atoms with van der Waals surface area (Å²) in [6.45, 7) is 3.67. The lowest BCUT2D eigenvalue weighted by molar-refractivity contribution is 0.402. The number of nitrogens with one attached hydrogen (secondary N) is 2. The Morgan fingerprint density at radius 3 is 2.95 bits per heavy atom. The zero-order chi connectivity index (χ0) is 14.6. The molecule has 0 aromatic heterocycles. The fourth-order valence-corrected chi connectivity index (χ4v) is 4.63. The van der Waals surface area contributed by atoms with E-state index in [1.807, 2.05) is 31.2 Å². The normalized spacial score (nSPS) is 21.6. The van der Waals surface area contributed by atoms with Gasteiger partial charge in [0, 0.05) is 10.5 Å². The second kappa shape index (κ2) is 7.02. The van der Waals surface area contributed by atoms with Crippen molar-refractivity contribution in [1.82, 2.24) is 10.0 Å². The molecule has 1 aliphatic heterocycles. The van der Waals surface area contributed by atoms with Crippen molar-refractivity contribution in [3.63, 3.8) is 0 Å². The minimum atomic E-state index is -3.25. The average molecular weight is 361 g/mol. The van der Waals surface area contributed by atoms with Gasteiger partial charge in [0.05, 0.1) is 5.75 Å². The van der Waals surface area contributed by atoms with Gasteiger partial charge in [-0.3, -0.25) is 0 Å². The number of benzene rings is 1. The van der Waals surface area contributed by atoms with Gasteiger partial charge in [-0.25, -0.2) is 13.1 Å². The third-order valence-corrected chi connectivity index (χ3v) is 5.68. The minimum absolute atomic E-state index is 0.207. The lowest BCUT2D eigenvalue weighted by atomic mass is 10.0. The Labute approximate surface area is 129 Å². The number of hydrogen-bond donors (Lipinski definition) is 2. The molecule has 1 aromatic rings. The molecule has 1 aliphatic rings. The molecular weight excluding hydrogens is 340 g/mol. The number of piperidine rings is 1. The molecule has 0 amide bonds. The van der Waals surface area contributed by atoms with Crippen LogP contribution in [-0.2, 0) is 10.0 Å². The molecular formula is C14H21BrN2O2S. The zero-order valence-electron chi connectivity index (χ0n) is 11.6. The van der Waals surface area contributed by atoms with Gasteiger partial charge in [-0.05, 0) is 56.5 Å². The van der Waals surface area contributed by atoms with Crippen LogP contribution in [0.15, 0.2) is 28.7 Å². The molecule has 2 unspecified atom stereocenters. The Morgan fingerprint density at radius 2 is 2.30 bits per heavy atom. The van der Waals surface area contributed by atoms with Gasteiger partial charge in [0.2, 0.25) is 10.0 Å². The summed E-state index contributed by atoms with van der Waals surface area (Å²) in [5, 5.41) is 3.25. The van der Waals surface area contributed by atoms with Crippen LogP contribution in [0.25, 0.3) is 0 Å². The molecule has 0 saturated carbocycles. The van der Waals surface area contributed by atoms with E-state index in [2.05, 4.69) is 26.0 Å². The summed E-state index contributed by atoms with van der Waals surface area (Å²) in [4.78, 5) is 0. The maximum atomic E-state index is 12.2. The molecule has 112 valence electrons. The quantitative estimate of drug-likeness (QED) is 0.847. The van der Waals surface area contributed by atoms with Crippen molar-refractivity contribution in [2.75, 3.05) is 18.8 Å². The van der Waals surface area contributed by atoms with Crippen molar-refractivity contribution in [3.05, 3.63) is 34.3 Å². The summed E-state index contributed by atoms with van der Waals surface area (Å²) in [5.41, 5.74) is 0.963. The maximum absolute atomic E-state index is 12.2. The molecule has 0 bridgehead atoms. The van der Waals surface area contributed by atoms with Crippen molar-refractivity contribution < 1.29 is 8.42 Å². The lowest BCUT2D eigenvalue weighted by Gasteiger charge is -2.23. The van der Waals surface area contributed by atoms with Crippen LogP contribution in [0.4, 0.5) is 0 Å². The highest BCUT2D eigenvalue weighted by atomic mass is 79.9. The first-order chi connectivity index (χ1) is 9.46. The summed E-state index contributed by atoms with van der Waals surface area (Å²) in [6, 6.07) is 7.50. The van der Waals surface area contributed by atoms with Crippen LogP contribution in [0.1, 0.15) is 31.4 Å². The Balaban J connectivity index is 1.96. The fourth-order valence-electron chi connectivity index (χ4n) is 2.54. The van der Waals surface area contributed by atoms with Crippen molar-refractivity contribution in [1.29, 1.82) is 0 Å². The van der Waals surface area contributed by atoms with Gasteiger partial charge < -0.3 is 5.32 Å². The van der Waals surface area contributed by atoms with Crippen molar-refractivity contribution in [2.45, 2.75) is 25.8 Å². The van der Waals surface area contributed by atoms with Crippen LogP contribution in [0.2, 0.25) is 0 Å². The first-order valence-electron chi connectivity index (χ1n) is 6.92. The van der Waals surface area contributed by atoms with Gasteiger partial charge in [0.15, 0.2) is 0 Å². The molecule has 6 heteroatoms. The van der Waals surface area contributed by atoms with Gasteiger partial charge in [0.1, 0.15) is 0 Å². The molecule has 4 nitrogen and oxygen atoms in total. The molecule has 0 radical (unpaired) electrons. The van der Waals surface area contributed by atoms with E-state index in [0.717, 1.165) is 36.0 Å². The first kappa shape index (κ1) is 15.9. The molecule has 0 aliphatic carbocycles. The number of halogens is 1. The SMILES string of the molecule is CC(NS(=O)(=O)CC1CCCNC1)c1cccc(Br)c1. The van der Waals surface area contributed by atoms with Crippen LogP contribution in [0, 0.1) is 5.92 Å². The number of sulfonamides is 1. The van der Waals surface area contributed by atoms with Crippen LogP contribution < -0.4 is 10.0 Å². The molecule has 2 N–H and O–H groups in total. The minimum Gasteiger partial charge on any atom is -0.316 e. The number of hydrogen-bond acceptors (Lipinski definition) is 3. The Morgan fingerprint density at radius 1 is 1.50 bits per heavy atom. The van der Waals surface area contributed by atoms with Crippen LogP contribution in [0.3, 0.4) is 0 Å². The van der Waals surface area contributed by atoms with Gasteiger partial charge in [-0.15, -0.1) is 0 Å². The van der Waals surface area contributed by atoms with E-state index in [4.69, 9.17) is 0 Å². The van der Waals surface area contributed by atoms with Crippen molar-refractivity contribution in [2.24, 2.45) is 5.92 Å². The average Bonchev–Trinajstić information content (AvgIpc) is 2.38. The highest BCUT2D eigenvalue weighted by molar-refractivity contribution is 9.10. The number of rotatable bonds is 5. The Hall–Kier alpha value is -0.430. The molecule has 1 heterocycles. The largest absolute Gasteiger partial charge is 0.316 e. The standard InChI is InChI=1S/C14H21BrN2O2S/c1-11(13-5-2-6-14(15)8-13)17-20(18,19)10-12-4-3-7-16-9-12/h2,5-6,8,11-12,16-17H,3-4,7,9-10H2,1H3. The third kappa shape index (κ3) is 4.84. The Bertz CT molecular complexity index is 542. The summed E-state index contributed by atoms with van der Waals surface area (Å²) in [7, 11) is -3.25. The summed E-state index contributed by atoms with van der Waals surface area (Å²) < 4.78 is 28.2. The predicted molar refractivity (Wildman–Crippen MR) is 85.1 cm³/mol. The van der Waals surface area contributed by atoms with Crippen LogP contribution in [-0.4, -0.2) is 27.3 Å². The van der Waals surface area contributed by atoms with Crippen LogP contribution in [0.5, 0.6) is 0 Å². The monoisotopic (exact) mass is 360 g/mol. The summed E-state index contributed by atoms with van der Waals surface area (Å²) in [5.74, 6) is 0.425. The molecule has 20 heavy (non-hydrogen) atoms. The maximum Gasteiger partial charge on any atom is 0.212 e. The molecule has 2 rings (SSSR count). The topological polar surface area (TPSA) is 58.2 Å². The van der Waals surface area contributed by atoms with E-state index < -0.39 is 10.0 Å². The van der Waals surface area contributed by atoms with Crippen molar-refractivity contribution >= 4 is 26.0 Å². The first-order valence-corrected chi connectivity index (χ1v) is 9.37. The van der Waals surface area contributed by atoms with Gasteiger partial charge in [0.25, 0.3) is 0 Å². The second-order valence-electron chi connectivity index (χ2n) is 5.39. The van der Waals surface area contributed by atoms with E-state index in [1.54, 1.807) is 0 Å². The molecule has 1 saturated heterocycles. The predicted octanol–water partition coefficient (Wildman–Crippen LogP) is 2.43. The van der Waals surface area contributed by atoms with E-state index >= 15 is 0 Å². The van der Waals surface area contributed by atoms with Crippen LogP contribution >= 0.6 is 15.9 Å². The highest BCUT2D eigenvalue weighted by Gasteiger charge is 2.23. The van der Waals surface area contributed by atoms with Gasteiger partial charge >= 0.3 is 0 Å². The third-order valence-electron chi connectivity index (χ3n) is 3.56.